The fourth-order valence-corrected chi connectivity index (χ4v) is 4.39. The third kappa shape index (κ3) is 5.61. The Morgan fingerprint density at radius 3 is 2.49 bits per heavy atom. The number of rotatable bonds is 10. The molecule has 0 saturated carbocycles. The van der Waals surface area contributed by atoms with Crippen molar-refractivity contribution in [3.05, 3.63) is 64.4 Å². The van der Waals surface area contributed by atoms with Crippen LogP contribution in [0.1, 0.15) is 53.2 Å². The Morgan fingerprint density at radius 2 is 1.84 bits per heavy atom. The third-order valence-corrected chi connectivity index (χ3v) is 6.26. The van der Waals surface area contributed by atoms with E-state index in [1.807, 2.05) is 0 Å². The lowest BCUT2D eigenvalue weighted by molar-refractivity contribution is -0.117. The van der Waals surface area contributed by atoms with Crippen LogP contribution in [0, 0.1) is 0 Å². The average Bonchev–Trinajstić information content (AvgIpc) is 3.28. The van der Waals surface area contributed by atoms with Gasteiger partial charge < -0.3 is 23.9 Å². The number of anilines is 1. The van der Waals surface area contributed by atoms with Crippen LogP contribution >= 0.6 is 11.6 Å². The fraction of sp³-hybridized carbons (Fsp3) is 0.333. The van der Waals surface area contributed by atoms with Gasteiger partial charge in [0.05, 0.1) is 31.0 Å². The van der Waals surface area contributed by atoms with Crippen LogP contribution in [0.2, 0.25) is 5.02 Å². The molecule has 37 heavy (non-hydrogen) atoms. The van der Waals surface area contributed by atoms with Crippen LogP contribution in [-0.4, -0.2) is 54.3 Å². The summed E-state index contributed by atoms with van der Waals surface area (Å²) in [6.45, 7) is 4.16. The van der Waals surface area contributed by atoms with Gasteiger partial charge in [-0.25, -0.2) is 9.48 Å². The van der Waals surface area contributed by atoms with Crippen molar-refractivity contribution >= 4 is 34.9 Å². The topological polar surface area (TPSA) is 100.0 Å². The second-order valence-electron chi connectivity index (χ2n) is 8.48. The van der Waals surface area contributed by atoms with Gasteiger partial charge in [-0.05, 0) is 69.2 Å². The molecule has 0 unspecified atom stereocenters. The molecule has 0 saturated heterocycles. The number of ketones is 1. The minimum absolute atomic E-state index is 0.105. The molecule has 0 spiro atoms. The van der Waals surface area contributed by atoms with Crippen LogP contribution < -0.4 is 14.4 Å². The summed E-state index contributed by atoms with van der Waals surface area (Å²) in [5.74, 6) is 0.356. The number of fused-ring (bicyclic) bond motifs is 1. The van der Waals surface area contributed by atoms with E-state index in [-0.39, 0.29) is 24.0 Å². The van der Waals surface area contributed by atoms with Crippen LogP contribution in [0.5, 0.6) is 11.5 Å². The Hall–Kier alpha value is -3.85. The molecule has 1 aliphatic rings. The van der Waals surface area contributed by atoms with E-state index in [4.69, 9.17) is 25.8 Å². The van der Waals surface area contributed by atoms with E-state index in [0.717, 1.165) is 0 Å². The zero-order valence-corrected chi connectivity index (χ0v) is 21.7. The number of amides is 1. The SMILES string of the molecule is CCOC(=O)c1nn(-c2ccc(OC)cc2)c2c1CCN(c1ccc(OCCCC(C)=O)c(Cl)c1)C2=O. The zero-order chi connectivity index (χ0) is 26.5. The van der Waals surface area contributed by atoms with E-state index < -0.39 is 5.97 Å². The third-order valence-electron chi connectivity index (χ3n) is 5.96. The number of halogens is 1. The number of nitrogens with zero attached hydrogens (tertiary/aromatic N) is 3. The molecule has 1 amide bonds. The van der Waals surface area contributed by atoms with Crippen molar-refractivity contribution in [1.82, 2.24) is 9.78 Å². The van der Waals surface area contributed by atoms with E-state index >= 15 is 0 Å². The molecule has 1 aromatic heterocycles. The monoisotopic (exact) mass is 525 g/mol. The largest absolute Gasteiger partial charge is 0.497 e. The normalized spacial score (nSPS) is 12.8. The minimum Gasteiger partial charge on any atom is -0.497 e. The molecule has 0 atom stereocenters. The summed E-state index contributed by atoms with van der Waals surface area (Å²) in [7, 11) is 1.57. The predicted molar refractivity (Wildman–Crippen MR) is 138 cm³/mol. The van der Waals surface area contributed by atoms with Gasteiger partial charge in [0.15, 0.2) is 5.69 Å². The first-order valence-corrected chi connectivity index (χ1v) is 12.4. The highest BCUT2D eigenvalue weighted by Gasteiger charge is 2.35. The molecule has 0 N–H and O–H groups in total. The van der Waals surface area contributed by atoms with Crippen molar-refractivity contribution < 1.29 is 28.6 Å². The van der Waals surface area contributed by atoms with Crippen LogP contribution in [0.3, 0.4) is 0 Å². The van der Waals surface area contributed by atoms with E-state index in [9.17, 15) is 14.4 Å². The first kappa shape index (κ1) is 26.2. The fourth-order valence-electron chi connectivity index (χ4n) is 4.16. The number of methoxy groups -OCH3 is 1. The van der Waals surface area contributed by atoms with Gasteiger partial charge in [-0.1, -0.05) is 11.6 Å². The predicted octanol–water partition coefficient (Wildman–Crippen LogP) is 4.66. The maximum absolute atomic E-state index is 13.8. The van der Waals surface area contributed by atoms with Crippen LogP contribution in [0.4, 0.5) is 5.69 Å². The number of aromatic nitrogens is 2. The van der Waals surface area contributed by atoms with Gasteiger partial charge in [-0.3, -0.25) is 4.79 Å². The highest BCUT2D eigenvalue weighted by Crippen LogP contribution is 2.34. The molecule has 1 aliphatic heterocycles. The number of Topliss-reactive ketones (excluding diaryl/α,β-unsaturated/α-hetero) is 1. The maximum atomic E-state index is 13.8. The molecular weight excluding hydrogens is 498 g/mol. The Morgan fingerprint density at radius 1 is 1.11 bits per heavy atom. The molecular formula is C27H28ClN3O6. The highest BCUT2D eigenvalue weighted by molar-refractivity contribution is 6.32. The second-order valence-corrected chi connectivity index (χ2v) is 8.89. The van der Waals surface area contributed by atoms with Crippen molar-refractivity contribution in [3.63, 3.8) is 0 Å². The number of esters is 1. The summed E-state index contributed by atoms with van der Waals surface area (Å²) >= 11 is 6.45. The van der Waals surface area contributed by atoms with Gasteiger partial charge in [-0.2, -0.15) is 5.10 Å². The van der Waals surface area contributed by atoms with Gasteiger partial charge >= 0.3 is 5.97 Å². The van der Waals surface area contributed by atoms with Crippen LogP contribution in [-0.2, 0) is 16.0 Å². The van der Waals surface area contributed by atoms with Crippen molar-refractivity contribution in [2.45, 2.75) is 33.1 Å². The van der Waals surface area contributed by atoms with Crippen molar-refractivity contribution in [2.24, 2.45) is 0 Å². The molecule has 2 heterocycles. The van der Waals surface area contributed by atoms with Crippen molar-refractivity contribution in [1.29, 1.82) is 0 Å². The summed E-state index contributed by atoms with van der Waals surface area (Å²) in [6.07, 6.45) is 1.45. The number of hydrogen-bond acceptors (Lipinski definition) is 7. The number of benzene rings is 2. The Balaban J connectivity index is 1.65. The smallest absolute Gasteiger partial charge is 0.359 e. The molecule has 10 heteroatoms. The Labute approximate surface area is 219 Å². The van der Waals surface area contributed by atoms with Crippen molar-refractivity contribution in [2.75, 3.05) is 31.8 Å². The lowest BCUT2D eigenvalue weighted by atomic mass is 10.0. The minimum atomic E-state index is -0.568. The molecule has 0 fully saturated rings. The quantitative estimate of drug-likeness (QED) is 0.280. The zero-order valence-electron chi connectivity index (χ0n) is 21.0. The van der Waals surface area contributed by atoms with Gasteiger partial charge in [0.2, 0.25) is 0 Å². The first-order chi connectivity index (χ1) is 17.8. The number of carbonyl (C=O) groups is 3. The van der Waals surface area contributed by atoms with Gasteiger partial charge in [0.1, 0.15) is 23.0 Å². The van der Waals surface area contributed by atoms with E-state index in [0.29, 0.717) is 71.6 Å². The number of ether oxygens (including phenoxy) is 3. The van der Waals surface area contributed by atoms with Gasteiger partial charge in [0.25, 0.3) is 5.91 Å². The summed E-state index contributed by atoms with van der Waals surface area (Å²) in [4.78, 5) is 39.2. The average molecular weight is 526 g/mol. The van der Waals surface area contributed by atoms with E-state index in [1.54, 1.807) is 68.3 Å². The van der Waals surface area contributed by atoms with Crippen LogP contribution in [0.25, 0.3) is 5.69 Å². The highest BCUT2D eigenvalue weighted by atomic mass is 35.5. The molecule has 9 nitrogen and oxygen atoms in total. The Kier molecular flexibility index (Phi) is 8.13. The van der Waals surface area contributed by atoms with Gasteiger partial charge in [-0.15, -0.1) is 0 Å². The molecule has 3 aromatic rings. The lowest BCUT2D eigenvalue weighted by Crippen LogP contribution is -2.39. The second kappa shape index (κ2) is 11.5. The van der Waals surface area contributed by atoms with Gasteiger partial charge in [0, 0.05) is 24.2 Å². The molecule has 0 radical (unpaired) electrons. The standard InChI is InChI=1S/C27H28ClN3O6/c1-4-36-27(34)24-21-13-14-30(19-9-12-23(22(28)16-19)37-15-5-6-17(2)32)26(33)25(21)31(29-24)18-7-10-20(35-3)11-8-18/h7-12,16H,4-6,13-15H2,1-3H3. The number of hydrogen-bond donors (Lipinski definition) is 0. The van der Waals surface area contributed by atoms with Crippen molar-refractivity contribution in [3.8, 4) is 17.2 Å². The molecule has 194 valence electrons. The molecule has 2 aromatic carbocycles. The first-order valence-electron chi connectivity index (χ1n) is 12.0. The molecule has 0 aliphatic carbocycles. The summed E-state index contributed by atoms with van der Waals surface area (Å²) in [5.41, 5.74) is 2.17. The van der Waals surface area contributed by atoms with E-state index in [1.165, 1.54) is 4.68 Å². The van der Waals surface area contributed by atoms with Crippen LogP contribution in [0.15, 0.2) is 42.5 Å². The van der Waals surface area contributed by atoms with E-state index in [2.05, 4.69) is 5.10 Å². The Bertz CT molecular complexity index is 1320. The summed E-state index contributed by atoms with van der Waals surface area (Å²) in [5, 5.41) is 4.84. The summed E-state index contributed by atoms with van der Waals surface area (Å²) in [6, 6.07) is 12.2. The summed E-state index contributed by atoms with van der Waals surface area (Å²) < 4.78 is 17.6. The molecule has 0 bridgehead atoms. The lowest BCUT2D eigenvalue weighted by Gasteiger charge is -2.28. The molecule has 4 rings (SSSR count). The number of carbonyl (C=O) groups excluding carboxylic acids is 3. The maximum Gasteiger partial charge on any atom is 0.359 e.